The van der Waals surface area contributed by atoms with Crippen LogP contribution in [0.2, 0.25) is 0 Å². The second-order valence-electron chi connectivity index (χ2n) is 7.01. The summed E-state index contributed by atoms with van der Waals surface area (Å²) < 4.78 is 13.1. The molecule has 8 heteroatoms. The maximum absolute atomic E-state index is 12.4. The fraction of sp³-hybridized carbons (Fsp3) is 0.227. The Morgan fingerprint density at radius 1 is 1.20 bits per heavy atom. The van der Waals surface area contributed by atoms with Crippen LogP contribution in [0.5, 0.6) is 5.75 Å². The standard InChI is InChI=1S/C22H22N4O3S/c1-13-8-9-16(14(2)10-13)23-19(27)12-30-22-25-24-21(26(22)3)18-11-15-6-5-7-17(28-4)20(15)29-18/h5-11H,12H2,1-4H3,(H,23,27). The number of nitrogens with zero attached hydrogens (tertiary/aromatic N) is 3. The summed E-state index contributed by atoms with van der Waals surface area (Å²) >= 11 is 1.32. The molecule has 2 aromatic carbocycles. The maximum atomic E-state index is 12.4. The van der Waals surface area contributed by atoms with Crippen molar-refractivity contribution in [1.82, 2.24) is 14.8 Å². The normalized spacial score (nSPS) is 11.1. The van der Waals surface area contributed by atoms with E-state index in [4.69, 9.17) is 9.15 Å². The number of para-hydroxylation sites is 1. The molecule has 0 fully saturated rings. The van der Waals surface area contributed by atoms with Crippen LogP contribution in [-0.2, 0) is 11.8 Å². The molecule has 1 amide bonds. The molecule has 2 heterocycles. The van der Waals surface area contributed by atoms with Crippen molar-refractivity contribution in [2.45, 2.75) is 19.0 Å². The number of aromatic nitrogens is 3. The van der Waals surface area contributed by atoms with Crippen LogP contribution in [0, 0.1) is 13.8 Å². The molecule has 7 nitrogen and oxygen atoms in total. The van der Waals surface area contributed by atoms with E-state index in [1.165, 1.54) is 11.8 Å². The summed E-state index contributed by atoms with van der Waals surface area (Å²) in [6.45, 7) is 4.01. The molecule has 0 aliphatic rings. The Labute approximate surface area is 178 Å². The molecule has 0 aliphatic carbocycles. The first-order valence-corrected chi connectivity index (χ1v) is 10.4. The number of nitrogens with one attached hydrogen (secondary N) is 1. The monoisotopic (exact) mass is 422 g/mol. The van der Waals surface area contributed by atoms with Gasteiger partial charge in [0.1, 0.15) is 0 Å². The summed E-state index contributed by atoms with van der Waals surface area (Å²) in [5.74, 6) is 1.98. The maximum Gasteiger partial charge on any atom is 0.234 e. The third-order valence-electron chi connectivity index (χ3n) is 4.77. The molecule has 4 rings (SSSR count). The van der Waals surface area contributed by atoms with Gasteiger partial charge in [-0.1, -0.05) is 41.6 Å². The molecule has 154 valence electrons. The van der Waals surface area contributed by atoms with Gasteiger partial charge in [-0.2, -0.15) is 0 Å². The Morgan fingerprint density at radius 3 is 2.80 bits per heavy atom. The van der Waals surface area contributed by atoms with Crippen LogP contribution in [-0.4, -0.2) is 33.5 Å². The van der Waals surface area contributed by atoms with Gasteiger partial charge in [0.15, 0.2) is 28.1 Å². The predicted octanol–water partition coefficient (Wildman–Crippen LogP) is 4.58. The van der Waals surface area contributed by atoms with Crippen molar-refractivity contribution >= 4 is 34.3 Å². The molecular formula is C22H22N4O3S. The van der Waals surface area contributed by atoms with E-state index in [0.717, 1.165) is 22.2 Å². The lowest BCUT2D eigenvalue weighted by Gasteiger charge is -2.09. The number of hydrogen-bond acceptors (Lipinski definition) is 6. The number of amides is 1. The van der Waals surface area contributed by atoms with Crippen molar-refractivity contribution in [1.29, 1.82) is 0 Å². The molecule has 0 saturated carbocycles. The molecule has 0 radical (unpaired) electrons. The Morgan fingerprint density at radius 2 is 2.03 bits per heavy atom. The largest absolute Gasteiger partial charge is 0.493 e. The third-order valence-corrected chi connectivity index (χ3v) is 5.79. The minimum absolute atomic E-state index is 0.0926. The number of hydrogen-bond donors (Lipinski definition) is 1. The molecular weight excluding hydrogens is 400 g/mol. The van der Waals surface area contributed by atoms with Crippen LogP contribution in [0.1, 0.15) is 11.1 Å². The van der Waals surface area contributed by atoms with Gasteiger partial charge in [0.25, 0.3) is 0 Å². The Balaban J connectivity index is 1.48. The first-order chi connectivity index (χ1) is 14.5. The number of furan rings is 1. The van der Waals surface area contributed by atoms with Crippen LogP contribution in [0.15, 0.2) is 52.0 Å². The number of ether oxygens (including phenoxy) is 1. The molecule has 2 aromatic heterocycles. The molecule has 0 saturated heterocycles. The number of thioether (sulfide) groups is 1. The number of carbonyl (C=O) groups is 1. The fourth-order valence-electron chi connectivity index (χ4n) is 3.23. The summed E-state index contributed by atoms with van der Waals surface area (Å²) in [6, 6.07) is 13.6. The van der Waals surface area contributed by atoms with Crippen molar-refractivity contribution < 1.29 is 13.9 Å². The summed E-state index contributed by atoms with van der Waals surface area (Å²) in [4.78, 5) is 12.4. The van der Waals surface area contributed by atoms with E-state index in [0.29, 0.717) is 28.1 Å². The van der Waals surface area contributed by atoms with E-state index in [1.54, 1.807) is 7.11 Å². The Kier molecular flexibility index (Phi) is 5.50. The summed E-state index contributed by atoms with van der Waals surface area (Å²) in [6.07, 6.45) is 0. The number of aryl methyl sites for hydroxylation is 2. The van der Waals surface area contributed by atoms with Crippen LogP contribution < -0.4 is 10.1 Å². The minimum atomic E-state index is -0.0926. The Hall–Kier alpha value is -3.26. The zero-order chi connectivity index (χ0) is 21.3. The highest BCUT2D eigenvalue weighted by Gasteiger charge is 2.18. The van der Waals surface area contributed by atoms with Gasteiger partial charge in [-0.3, -0.25) is 4.79 Å². The van der Waals surface area contributed by atoms with Crippen LogP contribution in [0.25, 0.3) is 22.6 Å². The lowest BCUT2D eigenvalue weighted by Crippen LogP contribution is -2.15. The predicted molar refractivity (Wildman–Crippen MR) is 118 cm³/mol. The van der Waals surface area contributed by atoms with Crippen LogP contribution in [0.3, 0.4) is 0 Å². The van der Waals surface area contributed by atoms with Gasteiger partial charge in [-0.25, -0.2) is 0 Å². The number of rotatable bonds is 6. The van der Waals surface area contributed by atoms with Gasteiger partial charge < -0.3 is 19.0 Å². The van der Waals surface area contributed by atoms with Crippen molar-refractivity contribution in [3.63, 3.8) is 0 Å². The molecule has 4 aromatic rings. The minimum Gasteiger partial charge on any atom is -0.493 e. The van der Waals surface area contributed by atoms with E-state index < -0.39 is 0 Å². The van der Waals surface area contributed by atoms with Crippen molar-refractivity contribution in [3.05, 3.63) is 53.6 Å². The number of benzene rings is 2. The molecule has 0 spiro atoms. The summed E-state index contributed by atoms with van der Waals surface area (Å²) in [5, 5.41) is 13.0. The second kappa shape index (κ2) is 8.23. The van der Waals surface area contributed by atoms with E-state index >= 15 is 0 Å². The first kappa shape index (κ1) is 20.0. The van der Waals surface area contributed by atoms with Crippen molar-refractivity contribution in [2.24, 2.45) is 7.05 Å². The highest BCUT2D eigenvalue weighted by atomic mass is 32.2. The molecule has 1 N–H and O–H groups in total. The fourth-order valence-corrected chi connectivity index (χ4v) is 3.94. The summed E-state index contributed by atoms with van der Waals surface area (Å²) in [5.41, 5.74) is 3.69. The number of methoxy groups -OCH3 is 1. The number of fused-ring (bicyclic) bond motifs is 1. The van der Waals surface area contributed by atoms with Gasteiger partial charge in [-0.15, -0.1) is 10.2 Å². The summed E-state index contributed by atoms with van der Waals surface area (Å²) in [7, 11) is 3.46. The lowest BCUT2D eigenvalue weighted by atomic mass is 10.1. The molecule has 0 unspecified atom stereocenters. The third kappa shape index (κ3) is 3.91. The van der Waals surface area contributed by atoms with Gasteiger partial charge in [0, 0.05) is 18.1 Å². The topological polar surface area (TPSA) is 82.2 Å². The quantitative estimate of drug-likeness (QED) is 0.458. The molecule has 30 heavy (non-hydrogen) atoms. The van der Waals surface area contributed by atoms with Crippen molar-refractivity contribution in [2.75, 3.05) is 18.2 Å². The van der Waals surface area contributed by atoms with E-state index in [1.807, 2.05) is 67.9 Å². The average molecular weight is 423 g/mol. The van der Waals surface area contributed by atoms with E-state index in [-0.39, 0.29) is 11.7 Å². The van der Waals surface area contributed by atoms with Crippen LogP contribution >= 0.6 is 11.8 Å². The Bertz CT molecular complexity index is 1230. The van der Waals surface area contributed by atoms with Gasteiger partial charge in [-0.05, 0) is 37.6 Å². The molecule has 0 aliphatic heterocycles. The first-order valence-electron chi connectivity index (χ1n) is 9.42. The second-order valence-corrected chi connectivity index (χ2v) is 7.95. The van der Waals surface area contributed by atoms with E-state index in [9.17, 15) is 4.79 Å². The zero-order valence-electron chi connectivity index (χ0n) is 17.2. The van der Waals surface area contributed by atoms with Gasteiger partial charge >= 0.3 is 0 Å². The van der Waals surface area contributed by atoms with Crippen molar-refractivity contribution in [3.8, 4) is 17.3 Å². The molecule has 0 atom stereocenters. The smallest absolute Gasteiger partial charge is 0.234 e. The van der Waals surface area contributed by atoms with Gasteiger partial charge in [0.2, 0.25) is 5.91 Å². The molecule has 0 bridgehead atoms. The average Bonchev–Trinajstić information content (AvgIpc) is 3.31. The number of anilines is 1. The highest BCUT2D eigenvalue weighted by Crippen LogP contribution is 2.33. The van der Waals surface area contributed by atoms with E-state index in [2.05, 4.69) is 15.5 Å². The number of carbonyl (C=O) groups excluding carboxylic acids is 1. The van der Waals surface area contributed by atoms with Crippen LogP contribution in [0.4, 0.5) is 5.69 Å². The zero-order valence-corrected chi connectivity index (χ0v) is 18.0. The SMILES string of the molecule is COc1cccc2cc(-c3nnc(SCC(=O)Nc4ccc(C)cc4C)n3C)oc12. The highest BCUT2D eigenvalue weighted by molar-refractivity contribution is 7.99. The lowest BCUT2D eigenvalue weighted by molar-refractivity contribution is -0.113. The van der Waals surface area contributed by atoms with Gasteiger partial charge in [0.05, 0.1) is 12.9 Å².